The van der Waals surface area contributed by atoms with Gasteiger partial charge in [0.15, 0.2) is 0 Å². The van der Waals surface area contributed by atoms with Gasteiger partial charge in [-0.3, -0.25) is 9.59 Å². The van der Waals surface area contributed by atoms with Gasteiger partial charge in [-0.05, 0) is 43.2 Å². The molecule has 0 aliphatic carbocycles. The second-order valence-corrected chi connectivity index (χ2v) is 9.57. The molecule has 0 radical (unpaired) electrons. The molecule has 0 saturated heterocycles. The van der Waals surface area contributed by atoms with Crippen molar-refractivity contribution in [3.8, 4) is 17.0 Å². The molecule has 7 nitrogen and oxygen atoms in total. The van der Waals surface area contributed by atoms with Crippen LogP contribution < -0.4 is 4.74 Å². The Morgan fingerprint density at radius 1 is 1.17 bits per heavy atom. The van der Waals surface area contributed by atoms with E-state index < -0.39 is 6.10 Å². The quantitative estimate of drug-likeness (QED) is 0.567. The molecule has 2 heterocycles. The fourth-order valence-electron chi connectivity index (χ4n) is 4.52. The fourth-order valence-corrected chi connectivity index (χ4v) is 4.52. The van der Waals surface area contributed by atoms with E-state index in [-0.39, 0.29) is 36.3 Å². The number of ether oxygens (including phenoxy) is 1. The lowest BCUT2D eigenvalue weighted by Crippen LogP contribution is -2.50. The smallest absolute Gasteiger partial charge is 0.259 e. The number of aryl methyl sites for hydroxylation is 1. The maximum Gasteiger partial charge on any atom is 0.259 e. The average molecular weight is 488 g/mol. The lowest BCUT2D eigenvalue weighted by molar-refractivity contribution is 0.0313. The highest BCUT2D eigenvalue weighted by Gasteiger charge is 2.35. The van der Waals surface area contributed by atoms with Gasteiger partial charge in [-0.15, -0.1) is 0 Å². The summed E-state index contributed by atoms with van der Waals surface area (Å²) in [6, 6.07) is 18.5. The molecule has 3 atom stereocenters. The summed E-state index contributed by atoms with van der Waals surface area (Å²) in [4.78, 5) is 34.5. The van der Waals surface area contributed by atoms with Crippen LogP contribution in [0.25, 0.3) is 11.1 Å². The van der Waals surface area contributed by atoms with Gasteiger partial charge in [-0.2, -0.15) is 0 Å². The highest BCUT2D eigenvalue weighted by atomic mass is 16.5. The molecule has 0 fully saturated rings. The molecule has 2 aromatic carbocycles. The predicted molar refractivity (Wildman–Crippen MR) is 139 cm³/mol. The minimum absolute atomic E-state index is 0.104. The number of likely N-dealkylation sites (N-methyl/N-ethyl adjacent to an activating group) is 1. The molecule has 1 aromatic heterocycles. The van der Waals surface area contributed by atoms with Gasteiger partial charge >= 0.3 is 0 Å². The SMILES string of the molecule is Cc1ccccc1-c1cnc2c(c1)C(=O)N([C@@H](C)CO)C[C@@H](C)[C@@H](CN(C)C(=O)c1ccccc1)O2. The molecule has 0 unspecified atom stereocenters. The lowest BCUT2D eigenvalue weighted by Gasteiger charge is -2.37. The van der Waals surface area contributed by atoms with E-state index in [9.17, 15) is 14.7 Å². The molecule has 0 saturated carbocycles. The van der Waals surface area contributed by atoms with E-state index in [4.69, 9.17) is 4.74 Å². The first-order chi connectivity index (χ1) is 17.3. The Hall–Kier alpha value is -3.71. The Kier molecular flexibility index (Phi) is 7.70. The predicted octanol–water partition coefficient (Wildman–Crippen LogP) is 4.05. The second-order valence-electron chi connectivity index (χ2n) is 9.57. The fraction of sp³-hybridized carbons (Fsp3) is 0.345. The van der Waals surface area contributed by atoms with Crippen LogP contribution >= 0.6 is 0 Å². The molecule has 7 heteroatoms. The maximum absolute atomic E-state index is 13.7. The number of amides is 2. The summed E-state index contributed by atoms with van der Waals surface area (Å²) in [5, 5.41) is 9.89. The monoisotopic (exact) mass is 487 g/mol. The van der Waals surface area contributed by atoms with E-state index in [0.717, 1.165) is 16.7 Å². The van der Waals surface area contributed by atoms with Crippen molar-refractivity contribution in [3.63, 3.8) is 0 Å². The Morgan fingerprint density at radius 2 is 1.86 bits per heavy atom. The molecule has 3 aromatic rings. The molecule has 0 bridgehead atoms. The van der Waals surface area contributed by atoms with Gasteiger partial charge in [0.2, 0.25) is 5.88 Å². The number of aliphatic hydroxyl groups is 1. The van der Waals surface area contributed by atoms with Crippen LogP contribution in [0.2, 0.25) is 0 Å². The van der Waals surface area contributed by atoms with Crippen molar-refractivity contribution in [2.24, 2.45) is 5.92 Å². The van der Waals surface area contributed by atoms with Crippen molar-refractivity contribution in [2.45, 2.75) is 32.9 Å². The number of aliphatic hydroxyl groups excluding tert-OH is 1. The number of pyridine rings is 1. The molecule has 1 aliphatic rings. The molecule has 1 aliphatic heterocycles. The van der Waals surface area contributed by atoms with Crippen LogP contribution in [-0.2, 0) is 0 Å². The molecular weight excluding hydrogens is 454 g/mol. The van der Waals surface area contributed by atoms with Crippen LogP contribution in [0, 0.1) is 12.8 Å². The first-order valence-corrected chi connectivity index (χ1v) is 12.2. The zero-order valence-corrected chi connectivity index (χ0v) is 21.2. The lowest BCUT2D eigenvalue weighted by atomic mass is 9.98. The first-order valence-electron chi connectivity index (χ1n) is 12.2. The number of hydrogen-bond donors (Lipinski definition) is 1. The van der Waals surface area contributed by atoms with Crippen molar-refractivity contribution in [3.05, 3.63) is 83.6 Å². The highest BCUT2D eigenvalue weighted by molar-refractivity contribution is 5.98. The number of nitrogens with zero attached hydrogens (tertiary/aromatic N) is 3. The second kappa shape index (κ2) is 10.9. The minimum Gasteiger partial charge on any atom is -0.472 e. The molecular formula is C29H33N3O4. The van der Waals surface area contributed by atoms with Gasteiger partial charge in [0, 0.05) is 36.8 Å². The van der Waals surface area contributed by atoms with Crippen LogP contribution in [0.3, 0.4) is 0 Å². The summed E-state index contributed by atoms with van der Waals surface area (Å²) in [6.45, 7) is 6.38. The van der Waals surface area contributed by atoms with Gasteiger partial charge in [0.25, 0.3) is 11.8 Å². The Labute approximate surface area is 212 Å². The molecule has 36 heavy (non-hydrogen) atoms. The molecule has 0 spiro atoms. The minimum atomic E-state index is -0.403. The number of benzene rings is 2. The van der Waals surface area contributed by atoms with Gasteiger partial charge in [-0.25, -0.2) is 4.98 Å². The van der Waals surface area contributed by atoms with E-state index >= 15 is 0 Å². The van der Waals surface area contributed by atoms with Crippen LogP contribution in [0.5, 0.6) is 5.88 Å². The van der Waals surface area contributed by atoms with Crippen molar-refractivity contribution in [2.75, 3.05) is 26.7 Å². The van der Waals surface area contributed by atoms with Gasteiger partial charge < -0.3 is 19.6 Å². The third-order valence-electron chi connectivity index (χ3n) is 6.80. The number of carbonyl (C=O) groups excluding carboxylic acids is 2. The van der Waals surface area contributed by atoms with Crippen LogP contribution in [-0.4, -0.2) is 70.6 Å². The van der Waals surface area contributed by atoms with Gasteiger partial charge in [0.1, 0.15) is 11.7 Å². The molecule has 2 amide bonds. The summed E-state index contributed by atoms with van der Waals surface area (Å²) < 4.78 is 6.34. The Balaban J connectivity index is 1.70. The molecule has 4 rings (SSSR count). The molecule has 188 valence electrons. The first kappa shape index (κ1) is 25.4. The van der Waals surface area contributed by atoms with E-state index in [1.54, 1.807) is 35.2 Å². The zero-order valence-electron chi connectivity index (χ0n) is 21.2. The zero-order chi connectivity index (χ0) is 25.8. The van der Waals surface area contributed by atoms with Crippen LogP contribution in [0.15, 0.2) is 66.9 Å². The Morgan fingerprint density at radius 3 is 2.56 bits per heavy atom. The number of rotatable bonds is 6. The van der Waals surface area contributed by atoms with Gasteiger partial charge in [-0.1, -0.05) is 49.4 Å². The number of aromatic nitrogens is 1. The summed E-state index contributed by atoms with van der Waals surface area (Å²) in [5.74, 6) is -0.203. The van der Waals surface area contributed by atoms with Crippen molar-refractivity contribution in [1.82, 2.24) is 14.8 Å². The summed E-state index contributed by atoms with van der Waals surface area (Å²) >= 11 is 0. The van der Waals surface area contributed by atoms with Crippen LogP contribution in [0.4, 0.5) is 0 Å². The third kappa shape index (κ3) is 5.26. The number of hydrogen-bond acceptors (Lipinski definition) is 5. The third-order valence-corrected chi connectivity index (χ3v) is 6.80. The maximum atomic E-state index is 13.7. The topological polar surface area (TPSA) is 83.0 Å². The van der Waals surface area contributed by atoms with E-state index in [0.29, 0.717) is 24.2 Å². The normalized spacial score (nSPS) is 18.5. The largest absolute Gasteiger partial charge is 0.472 e. The van der Waals surface area contributed by atoms with E-state index in [1.807, 2.05) is 69.3 Å². The van der Waals surface area contributed by atoms with Crippen molar-refractivity contribution in [1.29, 1.82) is 0 Å². The van der Waals surface area contributed by atoms with Crippen molar-refractivity contribution >= 4 is 11.8 Å². The van der Waals surface area contributed by atoms with Gasteiger partial charge in [0.05, 0.1) is 19.2 Å². The number of carbonyl (C=O) groups is 2. The standard InChI is InChI=1S/C29H33N3O4/c1-19-10-8-9-13-24(19)23-14-25-27(30-15-23)36-26(20(2)16-32(29(25)35)21(3)18-33)17-31(4)28(34)22-11-6-5-7-12-22/h5-15,20-21,26,33H,16-18H2,1-4H3/t20-,21+,26-/m1/s1. The van der Waals surface area contributed by atoms with E-state index in [2.05, 4.69) is 4.98 Å². The molecule has 1 N–H and O–H groups in total. The van der Waals surface area contributed by atoms with E-state index in [1.165, 1.54) is 0 Å². The summed E-state index contributed by atoms with van der Waals surface area (Å²) in [7, 11) is 1.75. The van der Waals surface area contributed by atoms with Crippen LogP contribution in [0.1, 0.15) is 40.1 Å². The number of fused-ring (bicyclic) bond motifs is 1. The summed E-state index contributed by atoms with van der Waals surface area (Å²) in [6.07, 6.45) is 1.32. The highest BCUT2D eigenvalue weighted by Crippen LogP contribution is 2.31. The van der Waals surface area contributed by atoms with Crippen molar-refractivity contribution < 1.29 is 19.4 Å². The Bertz CT molecular complexity index is 1230. The average Bonchev–Trinajstić information content (AvgIpc) is 2.90. The summed E-state index contributed by atoms with van der Waals surface area (Å²) in [5.41, 5.74) is 3.84.